The molecule has 1 unspecified atom stereocenters. The fourth-order valence-electron chi connectivity index (χ4n) is 2.48. The van der Waals surface area contributed by atoms with Crippen molar-refractivity contribution >= 4 is 6.03 Å². The van der Waals surface area contributed by atoms with Crippen LogP contribution in [-0.2, 0) is 0 Å². The third kappa shape index (κ3) is 4.68. The molecule has 0 bridgehead atoms. The Morgan fingerprint density at radius 2 is 1.89 bits per heavy atom. The Balaban J connectivity index is 2.29. The van der Waals surface area contributed by atoms with E-state index in [0.717, 1.165) is 13.0 Å². The summed E-state index contributed by atoms with van der Waals surface area (Å²) in [5.41, 5.74) is 0.0534. The summed E-state index contributed by atoms with van der Waals surface area (Å²) in [7, 11) is 0. The van der Waals surface area contributed by atoms with Gasteiger partial charge >= 0.3 is 6.03 Å². The first kappa shape index (κ1) is 16.3. The van der Waals surface area contributed by atoms with Gasteiger partial charge in [0.1, 0.15) is 0 Å². The minimum Gasteiger partial charge on any atom is -0.392 e. The first-order valence-electron chi connectivity index (χ1n) is 7.42. The van der Waals surface area contributed by atoms with Crippen molar-refractivity contribution in [3.63, 3.8) is 0 Å². The molecule has 0 radical (unpaired) electrons. The highest BCUT2D eigenvalue weighted by Gasteiger charge is 2.40. The fraction of sp³-hybridized carbons (Fsp3) is 0.933. The highest BCUT2D eigenvalue weighted by Crippen LogP contribution is 2.47. The predicted molar refractivity (Wildman–Crippen MR) is 78.0 cm³/mol. The minimum absolute atomic E-state index is 0.122. The van der Waals surface area contributed by atoms with E-state index < -0.39 is 6.10 Å². The number of carbonyl (C=O) groups excluding carboxylic acids is 1. The van der Waals surface area contributed by atoms with E-state index >= 15 is 0 Å². The van der Waals surface area contributed by atoms with E-state index in [1.807, 2.05) is 27.7 Å². The van der Waals surface area contributed by atoms with Crippen LogP contribution in [0.15, 0.2) is 0 Å². The second-order valence-corrected chi connectivity index (χ2v) is 7.07. The molecular formula is C15H30N2O2. The zero-order valence-electron chi connectivity index (χ0n) is 13.0. The second kappa shape index (κ2) is 6.12. The maximum atomic E-state index is 11.8. The van der Waals surface area contributed by atoms with Crippen LogP contribution in [0.1, 0.15) is 53.9 Å². The molecule has 2 amide bonds. The lowest BCUT2D eigenvalue weighted by molar-refractivity contribution is 0.0151. The summed E-state index contributed by atoms with van der Waals surface area (Å²) in [6, 6.07) is -0.122. The van der Waals surface area contributed by atoms with Gasteiger partial charge < -0.3 is 15.7 Å². The van der Waals surface area contributed by atoms with Crippen molar-refractivity contribution in [2.24, 2.45) is 16.7 Å². The lowest BCUT2D eigenvalue weighted by atomic mass is 9.81. The molecule has 0 heterocycles. The van der Waals surface area contributed by atoms with Gasteiger partial charge in [-0.25, -0.2) is 4.79 Å². The van der Waals surface area contributed by atoms with Gasteiger partial charge in [0.15, 0.2) is 0 Å². The highest BCUT2D eigenvalue weighted by atomic mass is 16.3. The first-order valence-corrected chi connectivity index (χ1v) is 7.42. The Bertz CT molecular complexity index is 309. The van der Waals surface area contributed by atoms with E-state index in [1.165, 1.54) is 12.8 Å². The summed E-state index contributed by atoms with van der Waals surface area (Å²) in [4.78, 5) is 11.8. The molecule has 112 valence electrons. The van der Waals surface area contributed by atoms with Gasteiger partial charge in [0.2, 0.25) is 0 Å². The number of urea groups is 1. The topological polar surface area (TPSA) is 61.4 Å². The third-order valence-electron chi connectivity index (χ3n) is 4.47. The number of hydrogen-bond acceptors (Lipinski definition) is 2. The molecule has 0 aromatic carbocycles. The molecule has 1 aliphatic rings. The molecule has 1 fully saturated rings. The molecule has 1 saturated carbocycles. The summed E-state index contributed by atoms with van der Waals surface area (Å²) in [6.45, 7) is 11.4. The normalized spacial score (nSPS) is 19.1. The van der Waals surface area contributed by atoms with Gasteiger partial charge in [0.25, 0.3) is 0 Å². The Morgan fingerprint density at radius 3 is 2.32 bits per heavy atom. The van der Waals surface area contributed by atoms with E-state index in [9.17, 15) is 9.90 Å². The zero-order chi connectivity index (χ0) is 14.7. The summed E-state index contributed by atoms with van der Waals surface area (Å²) < 4.78 is 0. The van der Waals surface area contributed by atoms with E-state index in [1.54, 1.807) is 0 Å². The third-order valence-corrected chi connectivity index (χ3v) is 4.47. The maximum absolute atomic E-state index is 11.8. The summed E-state index contributed by atoms with van der Waals surface area (Å²) in [5, 5.41) is 15.9. The number of carbonyl (C=O) groups is 1. The van der Waals surface area contributed by atoms with Crippen LogP contribution in [0.25, 0.3) is 0 Å². The Kier molecular flexibility index (Phi) is 5.25. The van der Waals surface area contributed by atoms with Gasteiger partial charge in [-0.15, -0.1) is 0 Å². The summed E-state index contributed by atoms with van der Waals surface area (Å²) in [5.74, 6) is 0.190. The molecule has 0 aliphatic heterocycles. The van der Waals surface area contributed by atoms with Crippen LogP contribution in [0.5, 0.6) is 0 Å². The smallest absolute Gasteiger partial charge is 0.314 e. The van der Waals surface area contributed by atoms with E-state index in [-0.39, 0.29) is 17.4 Å². The molecule has 1 aliphatic carbocycles. The minimum atomic E-state index is -0.418. The molecule has 0 aromatic rings. The van der Waals surface area contributed by atoms with Crippen LogP contribution in [-0.4, -0.2) is 30.3 Å². The molecule has 0 aromatic heterocycles. The number of amides is 2. The zero-order valence-corrected chi connectivity index (χ0v) is 13.0. The average molecular weight is 270 g/mol. The van der Waals surface area contributed by atoms with E-state index in [0.29, 0.717) is 12.0 Å². The average Bonchev–Trinajstić information content (AvgIpc) is 3.13. The predicted octanol–water partition coefficient (Wildman–Crippen LogP) is 2.52. The molecule has 4 heteroatoms. The summed E-state index contributed by atoms with van der Waals surface area (Å²) >= 11 is 0. The van der Waals surface area contributed by atoms with Crippen molar-refractivity contribution in [2.75, 3.05) is 13.1 Å². The molecular weight excluding hydrogens is 240 g/mol. The number of aliphatic hydroxyl groups is 1. The van der Waals surface area contributed by atoms with Crippen molar-refractivity contribution < 1.29 is 9.90 Å². The van der Waals surface area contributed by atoms with E-state index in [4.69, 9.17) is 0 Å². The van der Waals surface area contributed by atoms with Gasteiger partial charge in [0.05, 0.1) is 6.10 Å². The number of rotatable bonds is 7. The van der Waals surface area contributed by atoms with Crippen molar-refractivity contribution in [3.8, 4) is 0 Å². The van der Waals surface area contributed by atoms with E-state index in [2.05, 4.69) is 17.6 Å². The number of nitrogens with one attached hydrogen (secondary N) is 2. The molecule has 19 heavy (non-hydrogen) atoms. The van der Waals surface area contributed by atoms with Gasteiger partial charge in [-0.3, -0.25) is 0 Å². The van der Waals surface area contributed by atoms with Crippen LogP contribution >= 0.6 is 0 Å². The van der Waals surface area contributed by atoms with Gasteiger partial charge in [-0.05, 0) is 30.6 Å². The Labute approximate surface area is 117 Å². The standard InChI is InChI=1S/C15H30N2O2/c1-6-15(7-8-15)10-17-13(19)16-9-14(4,5)12(18)11(2)3/h11-12,18H,6-10H2,1-5H3,(H2,16,17,19). The van der Waals surface area contributed by atoms with Gasteiger partial charge in [0, 0.05) is 18.5 Å². The van der Waals surface area contributed by atoms with Crippen LogP contribution in [0, 0.1) is 16.7 Å². The lowest BCUT2D eigenvalue weighted by Gasteiger charge is -2.33. The molecule has 4 nitrogen and oxygen atoms in total. The monoisotopic (exact) mass is 270 g/mol. The van der Waals surface area contributed by atoms with Gasteiger partial charge in [-0.2, -0.15) is 0 Å². The van der Waals surface area contributed by atoms with Crippen molar-refractivity contribution in [3.05, 3.63) is 0 Å². The van der Waals surface area contributed by atoms with Gasteiger partial charge in [-0.1, -0.05) is 34.6 Å². The van der Waals surface area contributed by atoms with Crippen molar-refractivity contribution in [1.29, 1.82) is 0 Å². The van der Waals surface area contributed by atoms with Crippen molar-refractivity contribution in [1.82, 2.24) is 10.6 Å². The molecule has 3 N–H and O–H groups in total. The SMILES string of the molecule is CCC1(CNC(=O)NCC(C)(C)C(O)C(C)C)CC1. The van der Waals surface area contributed by atoms with Crippen LogP contribution in [0.4, 0.5) is 4.79 Å². The Hall–Kier alpha value is -0.770. The Morgan fingerprint density at radius 1 is 1.32 bits per heavy atom. The molecule has 1 atom stereocenters. The lowest BCUT2D eigenvalue weighted by Crippen LogP contribution is -2.47. The first-order chi connectivity index (χ1) is 8.72. The highest BCUT2D eigenvalue weighted by molar-refractivity contribution is 5.73. The van der Waals surface area contributed by atoms with Crippen LogP contribution in [0.3, 0.4) is 0 Å². The molecule has 0 saturated heterocycles. The molecule has 1 rings (SSSR count). The second-order valence-electron chi connectivity index (χ2n) is 7.07. The molecule has 0 spiro atoms. The number of hydrogen-bond donors (Lipinski definition) is 3. The number of aliphatic hydroxyl groups excluding tert-OH is 1. The summed E-state index contributed by atoms with van der Waals surface area (Å²) in [6.07, 6.45) is 3.16. The fourth-order valence-corrected chi connectivity index (χ4v) is 2.48. The largest absolute Gasteiger partial charge is 0.392 e. The quantitative estimate of drug-likeness (QED) is 0.665. The maximum Gasteiger partial charge on any atom is 0.314 e. The van der Waals surface area contributed by atoms with Crippen LogP contribution in [0.2, 0.25) is 0 Å². The van der Waals surface area contributed by atoms with Crippen LogP contribution < -0.4 is 10.6 Å². The van der Waals surface area contributed by atoms with Crippen molar-refractivity contribution in [2.45, 2.75) is 60.0 Å².